The van der Waals surface area contributed by atoms with Crippen LogP contribution < -0.4 is 5.32 Å². The highest BCUT2D eigenvalue weighted by atomic mass is 35.5. The zero-order valence-corrected chi connectivity index (χ0v) is 12.1. The van der Waals surface area contributed by atoms with Crippen LogP contribution in [0.15, 0.2) is 34.6 Å². The Morgan fingerprint density at radius 3 is 2.15 bits per heavy atom. The van der Waals surface area contributed by atoms with Crippen molar-refractivity contribution in [2.75, 3.05) is 5.32 Å². The van der Waals surface area contributed by atoms with Crippen molar-refractivity contribution in [3.63, 3.8) is 0 Å². The maximum Gasteiger partial charge on any atom is 0.232 e. The van der Waals surface area contributed by atoms with Crippen LogP contribution in [0.2, 0.25) is 5.02 Å². The van der Waals surface area contributed by atoms with Gasteiger partial charge in [0, 0.05) is 23.5 Å². The first-order valence-corrected chi connectivity index (χ1v) is 7.13. The van der Waals surface area contributed by atoms with E-state index in [0.717, 1.165) is 23.5 Å². The van der Waals surface area contributed by atoms with Gasteiger partial charge in [0.25, 0.3) is 0 Å². The smallest absolute Gasteiger partial charge is 0.232 e. The van der Waals surface area contributed by atoms with Crippen LogP contribution in [0.25, 0.3) is 0 Å². The van der Waals surface area contributed by atoms with Crippen molar-refractivity contribution in [1.29, 1.82) is 10.5 Å². The Morgan fingerprint density at radius 1 is 1.00 bits per heavy atom. The van der Waals surface area contributed by atoms with E-state index in [0.29, 0.717) is 10.7 Å². The first-order valence-electron chi connectivity index (χ1n) is 5.12. The van der Waals surface area contributed by atoms with Crippen LogP contribution in [-0.4, -0.2) is 15.0 Å². The fourth-order valence-corrected chi connectivity index (χ4v) is 2.18. The number of nitriles is 2. The van der Waals surface area contributed by atoms with Gasteiger partial charge in [0.2, 0.25) is 16.3 Å². The second-order valence-corrected chi connectivity index (χ2v) is 5.13. The molecule has 6 nitrogen and oxygen atoms in total. The SMILES string of the molecule is N#CSc1nc(Nc2ccccc2Cl)nc(SC#N)n1. The van der Waals surface area contributed by atoms with E-state index in [-0.39, 0.29) is 16.3 Å². The Morgan fingerprint density at radius 2 is 1.60 bits per heavy atom. The molecule has 0 bridgehead atoms. The lowest BCUT2D eigenvalue weighted by Gasteiger charge is -2.07. The first-order chi connectivity index (χ1) is 9.72. The number of hydrogen-bond donors (Lipinski definition) is 1. The molecule has 0 saturated heterocycles. The van der Waals surface area contributed by atoms with E-state index in [2.05, 4.69) is 20.3 Å². The molecule has 0 unspecified atom stereocenters. The molecule has 2 aromatic rings. The number of halogens is 1. The van der Waals surface area contributed by atoms with Crippen LogP contribution in [0.1, 0.15) is 0 Å². The molecule has 0 radical (unpaired) electrons. The second-order valence-electron chi connectivity index (χ2n) is 3.22. The number of aromatic nitrogens is 3. The van der Waals surface area contributed by atoms with Crippen LogP contribution in [-0.2, 0) is 0 Å². The molecule has 98 valence electrons. The van der Waals surface area contributed by atoms with Gasteiger partial charge < -0.3 is 5.32 Å². The number of hydrogen-bond acceptors (Lipinski definition) is 8. The Kier molecular flexibility index (Phi) is 5.02. The Balaban J connectivity index is 2.34. The molecule has 0 aliphatic heterocycles. The molecule has 1 heterocycles. The summed E-state index contributed by atoms with van der Waals surface area (Å²) in [4.78, 5) is 12.1. The standard InChI is InChI=1S/C11H5ClN6S2/c12-7-3-1-2-4-8(7)15-9-16-10(19-5-13)18-11(17-9)20-6-14/h1-4H,(H,15,16,17,18). The molecule has 1 aromatic heterocycles. The monoisotopic (exact) mass is 320 g/mol. The van der Waals surface area contributed by atoms with Crippen LogP contribution in [0, 0.1) is 21.3 Å². The van der Waals surface area contributed by atoms with Crippen LogP contribution in [0.3, 0.4) is 0 Å². The van der Waals surface area contributed by atoms with Crippen molar-refractivity contribution in [1.82, 2.24) is 15.0 Å². The van der Waals surface area contributed by atoms with Gasteiger partial charge in [-0.2, -0.15) is 25.5 Å². The molecule has 0 fully saturated rings. The number of thioether (sulfide) groups is 2. The van der Waals surface area contributed by atoms with Gasteiger partial charge in [0.1, 0.15) is 10.8 Å². The summed E-state index contributed by atoms with van der Waals surface area (Å²) in [6, 6.07) is 7.10. The number of nitrogens with one attached hydrogen (secondary N) is 1. The topological polar surface area (TPSA) is 98.3 Å². The molecule has 0 aliphatic rings. The summed E-state index contributed by atoms with van der Waals surface area (Å²) in [5.74, 6) is 0.226. The highest BCUT2D eigenvalue weighted by Crippen LogP contribution is 2.25. The Bertz CT molecular complexity index is 675. The number of rotatable bonds is 4. The minimum atomic E-state index is 0.217. The molecule has 1 aromatic carbocycles. The van der Waals surface area contributed by atoms with Crippen LogP contribution in [0.4, 0.5) is 11.6 Å². The summed E-state index contributed by atoms with van der Waals surface area (Å²) in [5, 5.41) is 25.0. The van der Waals surface area contributed by atoms with E-state index < -0.39 is 0 Å². The van der Waals surface area contributed by atoms with Gasteiger partial charge in [0.15, 0.2) is 0 Å². The third-order valence-corrected chi connectivity index (χ3v) is 3.23. The predicted molar refractivity (Wildman–Crippen MR) is 77.5 cm³/mol. The predicted octanol–water partition coefficient (Wildman–Crippen LogP) is 3.41. The van der Waals surface area contributed by atoms with E-state index in [4.69, 9.17) is 22.1 Å². The van der Waals surface area contributed by atoms with Crippen molar-refractivity contribution in [3.8, 4) is 10.8 Å². The zero-order valence-electron chi connectivity index (χ0n) is 9.74. The summed E-state index contributed by atoms with van der Waals surface area (Å²) < 4.78 is 0. The lowest BCUT2D eigenvalue weighted by Crippen LogP contribution is -2.01. The average Bonchev–Trinajstić information content (AvgIpc) is 2.42. The van der Waals surface area contributed by atoms with Crippen molar-refractivity contribution in [3.05, 3.63) is 29.3 Å². The van der Waals surface area contributed by atoms with Gasteiger partial charge in [0.05, 0.1) is 10.7 Å². The van der Waals surface area contributed by atoms with Crippen LogP contribution >= 0.6 is 35.1 Å². The largest absolute Gasteiger partial charge is 0.323 e. The van der Waals surface area contributed by atoms with Crippen molar-refractivity contribution < 1.29 is 0 Å². The molecule has 20 heavy (non-hydrogen) atoms. The molecule has 0 saturated carbocycles. The molecule has 2 rings (SSSR count). The summed E-state index contributed by atoms with van der Waals surface area (Å²) >= 11 is 7.61. The van der Waals surface area contributed by atoms with E-state index >= 15 is 0 Å². The number of nitrogens with zero attached hydrogens (tertiary/aromatic N) is 5. The fourth-order valence-electron chi connectivity index (χ4n) is 1.25. The zero-order chi connectivity index (χ0) is 14.4. The Hall–Kier alpha value is -2.00. The van der Waals surface area contributed by atoms with Crippen molar-refractivity contribution >= 4 is 46.8 Å². The van der Waals surface area contributed by atoms with Crippen LogP contribution in [0.5, 0.6) is 0 Å². The molecule has 0 aliphatic carbocycles. The molecule has 1 N–H and O–H groups in total. The average molecular weight is 321 g/mol. The molecule has 0 amide bonds. The molecular weight excluding hydrogens is 316 g/mol. The minimum Gasteiger partial charge on any atom is -0.323 e. The summed E-state index contributed by atoms with van der Waals surface area (Å²) in [7, 11) is 0. The van der Waals surface area contributed by atoms with Gasteiger partial charge in [-0.05, 0) is 12.1 Å². The molecular formula is C11H5ClN6S2. The number of para-hydroxylation sites is 1. The van der Waals surface area contributed by atoms with E-state index in [9.17, 15) is 0 Å². The van der Waals surface area contributed by atoms with Gasteiger partial charge in [-0.25, -0.2) is 0 Å². The van der Waals surface area contributed by atoms with Crippen molar-refractivity contribution in [2.24, 2.45) is 0 Å². The molecule has 0 atom stereocenters. The number of benzene rings is 1. The van der Waals surface area contributed by atoms with E-state index in [1.807, 2.05) is 16.9 Å². The lowest BCUT2D eigenvalue weighted by molar-refractivity contribution is 0.814. The summed E-state index contributed by atoms with van der Waals surface area (Å²) in [6.45, 7) is 0. The Labute approximate surface area is 128 Å². The first kappa shape index (κ1) is 14.4. The third-order valence-electron chi connectivity index (χ3n) is 1.99. The normalized spacial score (nSPS) is 9.55. The fraction of sp³-hybridized carbons (Fsp3) is 0. The maximum absolute atomic E-state index is 8.66. The van der Waals surface area contributed by atoms with Gasteiger partial charge in [-0.3, -0.25) is 0 Å². The molecule has 0 spiro atoms. The summed E-state index contributed by atoms with van der Waals surface area (Å²) in [6.07, 6.45) is 0. The molecule has 9 heteroatoms. The lowest BCUT2D eigenvalue weighted by atomic mass is 10.3. The van der Waals surface area contributed by atoms with Crippen molar-refractivity contribution in [2.45, 2.75) is 10.3 Å². The number of anilines is 2. The van der Waals surface area contributed by atoms with Gasteiger partial charge in [-0.1, -0.05) is 23.7 Å². The summed E-state index contributed by atoms with van der Waals surface area (Å²) in [5.41, 5.74) is 0.626. The van der Waals surface area contributed by atoms with Gasteiger partial charge >= 0.3 is 0 Å². The second kappa shape index (κ2) is 6.96. The highest BCUT2D eigenvalue weighted by molar-refractivity contribution is 8.04. The third kappa shape index (κ3) is 3.75. The maximum atomic E-state index is 8.66. The number of thiocyanates is 2. The minimum absolute atomic E-state index is 0.217. The van der Waals surface area contributed by atoms with E-state index in [1.54, 1.807) is 18.2 Å². The quantitative estimate of drug-likeness (QED) is 0.676. The highest BCUT2D eigenvalue weighted by Gasteiger charge is 2.09. The van der Waals surface area contributed by atoms with Gasteiger partial charge in [-0.15, -0.1) is 0 Å². The van der Waals surface area contributed by atoms with E-state index in [1.165, 1.54) is 0 Å².